The average molecular weight is 245 g/mol. The van der Waals surface area contributed by atoms with Gasteiger partial charge in [-0.05, 0) is 12.1 Å². The first-order chi connectivity index (χ1) is 8.65. The molecule has 0 radical (unpaired) electrons. The first-order valence-electron chi connectivity index (χ1n) is 5.09. The van der Waals surface area contributed by atoms with Crippen molar-refractivity contribution in [3.63, 3.8) is 0 Å². The highest BCUT2D eigenvalue weighted by atomic mass is 16.3. The Kier molecular flexibility index (Phi) is 3.24. The van der Waals surface area contributed by atoms with Crippen LogP contribution in [0.1, 0.15) is 0 Å². The number of nitrogen functional groups attached to an aromatic ring is 1. The summed E-state index contributed by atoms with van der Waals surface area (Å²) in [5.74, 6) is -0.407. The Labute approximate surface area is 103 Å². The van der Waals surface area contributed by atoms with Crippen molar-refractivity contribution in [1.82, 2.24) is 9.97 Å². The number of anilines is 3. The second-order valence-electron chi connectivity index (χ2n) is 3.42. The van der Waals surface area contributed by atoms with Gasteiger partial charge < -0.3 is 16.2 Å². The van der Waals surface area contributed by atoms with Gasteiger partial charge in [0.2, 0.25) is 11.8 Å². The zero-order chi connectivity index (χ0) is 13.0. The topological polar surface area (TPSA) is 113 Å². The molecule has 1 aromatic heterocycles. The molecular formula is C11H11N5O2. The summed E-state index contributed by atoms with van der Waals surface area (Å²) in [5.41, 5.74) is 6.02. The molecule has 2 aromatic rings. The Morgan fingerprint density at radius 3 is 2.61 bits per heavy atom. The lowest BCUT2D eigenvalue weighted by Crippen LogP contribution is -2.20. The third-order valence-electron chi connectivity index (χ3n) is 2.05. The van der Waals surface area contributed by atoms with Gasteiger partial charge in [0.15, 0.2) is 0 Å². The first kappa shape index (κ1) is 11.6. The number of amides is 2. The van der Waals surface area contributed by atoms with Gasteiger partial charge in [-0.2, -0.15) is 4.98 Å². The summed E-state index contributed by atoms with van der Waals surface area (Å²) in [4.78, 5) is 18.9. The van der Waals surface area contributed by atoms with E-state index in [0.29, 0.717) is 5.69 Å². The maximum Gasteiger partial charge on any atom is 0.326 e. The van der Waals surface area contributed by atoms with Crippen LogP contribution in [-0.4, -0.2) is 21.1 Å². The highest BCUT2D eigenvalue weighted by Crippen LogP contribution is 2.16. The summed E-state index contributed by atoms with van der Waals surface area (Å²) in [6, 6.07) is 8.39. The van der Waals surface area contributed by atoms with E-state index >= 15 is 0 Å². The number of nitrogens with zero attached hydrogens (tertiary/aromatic N) is 2. The molecule has 1 aromatic carbocycles. The summed E-state index contributed by atoms with van der Waals surface area (Å²) < 4.78 is 0. The normalized spacial score (nSPS) is 9.78. The van der Waals surface area contributed by atoms with Crippen molar-refractivity contribution in [2.45, 2.75) is 0 Å². The molecule has 0 atom stereocenters. The zero-order valence-corrected chi connectivity index (χ0v) is 9.29. The van der Waals surface area contributed by atoms with E-state index in [1.807, 2.05) is 6.07 Å². The fourth-order valence-corrected chi connectivity index (χ4v) is 1.23. The molecule has 0 aliphatic rings. The molecule has 0 unspecified atom stereocenters. The van der Waals surface area contributed by atoms with Crippen LogP contribution >= 0.6 is 0 Å². The van der Waals surface area contributed by atoms with Gasteiger partial charge in [-0.3, -0.25) is 5.32 Å². The standard InChI is InChI=1S/C11H11N5O2/c12-8-6-13-10(15-9(8)17)16-11(18)14-7-4-2-1-3-5-7/h1-6H,12H2,(H3,13,14,15,16,17,18). The number of carbonyl (C=O) groups excluding carboxylic acids is 1. The van der Waals surface area contributed by atoms with Crippen molar-refractivity contribution in [2.75, 3.05) is 16.4 Å². The number of nitrogens with two attached hydrogens (primary N) is 1. The van der Waals surface area contributed by atoms with Gasteiger partial charge in [-0.15, -0.1) is 0 Å². The maximum atomic E-state index is 11.6. The Bertz CT molecular complexity index is 559. The third-order valence-corrected chi connectivity index (χ3v) is 2.05. The van der Waals surface area contributed by atoms with Gasteiger partial charge >= 0.3 is 6.03 Å². The van der Waals surface area contributed by atoms with Crippen molar-refractivity contribution in [1.29, 1.82) is 0 Å². The molecular weight excluding hydrogens is 234 g/mol. The lowest BCUT2D eigenvalue weighted by molar-refractivity contribution is 0.262. The van der Waals surface area contributed by atoms with Crippen LogP contribution in [0.3, 0.4) is 0 Å². The van der Waals surface area contributed by atoms with Crippen LogP contribution in [0.4, 0.5) is 22.1 Å². The highest BCUT2D eigenvalue weighted by molar-refractivity contribution is 5.98. The van der Waals surface area contributed by atoms with Gasteiger partial charge in [-0.1, -0.05) is 18.2 Å². The number of carbonyl (C=O) groups is 1. The van der Waals surface area contributed by atoms with E-state index in [1.165, 1.54) is 6.20 Å². The van der Waals surface area contributed by atoms with Gasteiger partial charge in [0.05, 0.1) is 6.20 Å². The first-order valence-corrected chi connectivity index (χ1v) is 5.09. The Morgan fingerprint density at radius 1 is 1.22 bits per heavy atom. The number of hydrogen-bond acceptors (Lipinski definition) is 5. The van der Waals surface area contributed by atoms with Crippen LogP contribution in [-0.2, 0) is 0 Å². The predicted octanol–water partition coefficient (Wildman–Crippen LogP) is 1.41. The lowest BCUT2D eigenvalue weighted by atomic mass is 10.3. The fraction of sp³-hybridized carbons (Fsp3) is 0. The number of aromatic nitrogens is 2. The fourth-order valence-electron chi connectivity index (χ4n) is 1.23. The molecule has 18 heavy (non-hydrogen) atoms. The Balaban J connectivity index is 2.01. The van der Waals surface area contributed by atoms with Crippen LogP contribution in [0, 0.1) is 0 Å². The third kappa shape index (κ3) is 2.85. The van der Waals surface area contributed by atoms with Crippen molar-refractivity contribution >= 4 is 23.4 Å². The minimum absolute atomic E-state index is 0.0323. The molecule has 0 bridgehead atoms. The second kappa shape index (κ2) is 5.00. The smallest absolute Gasteiger partial charge is 0.326 e. The summed E-state index contributed by atoms with van der Waals surface area (Å²) >= 11 is 0. The molecule has 7 nitrogen and oxygen atoms in total. The van der Waals surface area contributed by atoms with E-state index in [9.17, 15) is 9.90 Å². The van der Waals surface area contributed by atoms with Crippen molar-refractivity contribution in [2.24, 2.45) is 0 Å². The van der Waals surface area contributed by atoms with E-state index in [2.05, 4.69) is 20.6 Å². The van der Waals surface area contributed by atoms with E-state index in [-0.39, 0.29) is 17.5 Å². The number of aromatic hydroxyl groups is 1. The van der Waals surface area contributed by atoms with Crippen LogP contribution in [0.5, 0.6) is 5.88 Å². The van der Waals surface area contributed by atoms with Crippen LogP contribution < -0.4 is 16.4 Å². The monoisotopic (exact) mass is 245 g/mol. The van der Waals surface area contributed by atoms with Crippen molar-refractivity contribution in [3.05, 3.63) is 36.5 Å². The molecule has 1 heterocycles. The number of nitrogens with one attached hydrogen (secondary N) is 2. The minimum atomic E-state index is -0.509. The Hall–Kier alpha value is -2.83. The van der Waals surface area contributed by atoms with Crippen LogP contribution in [0.15, 0.2) is 36.5 Å². The molecule has 5 N–H and O–H groups in total. The zero-order valence-electron chi connectivity index (χ0n) is 9.29. The molecule has 0 saturated carbocycles. The van der Waals surface area contributed by atoms with Gasteiger partial charge in [0.1, 0.15) is 5.69 Å². The van der Waals surface area contributed by atoms with E-state index in [4.69, 9.17) is 5.73 Å². The van der Waals surface area contributed by atoms with Crippen molar-refractivity contribution < 1.29 is 9.90 Å². The van der Waals surface area contributed by atoms with Crippen LogP contribution in [0.25, 0.3) is 0 Å². The number of benzene rings is 1. The largest absolute Gasteiger partial charge is 0.492 e. The van der Waals surface area contributed by atoms with Gasteiger partial charge in [-0.25, -0.2) is 9.78 Å². The van der Waals surface area contributed by atoms with Crippen molar-refractivity contribution in [3.8, 4) is 5.88 Å². The number of para-hydroxylation sites is 1. The Morgan fingerprint density at radius 2 is 1.94 bits per heavy atom. The molecule has 0 aliphatic carbocycles. The van der Waals surface area contributed by atoms with E-state index < -0.39 is 6.03 Å². The molecule has 0 saturated heterocycles. The summed E-state index contributed by atoms with van der Waals surface area (Å²) in [5, 5.41) is 14.2. The highest BCUT2D eigenvalue weighted by Gasteiger charge is 2.06. The lowest BCUT2D eigenvalue weighted by Gasteiger charge is -2.06. The van der Waals surface area contributed by atoms with E-state index in [0.717, 1.165) is 0 Å². The molecule has 7 heteroatoms. The molecule has 0 aliphatic heterocycles. The summed E-state index contributed by atoms with van der Waals surface area (Å²) in [7, 11) is 0. The predicted molar refractivity (Wildman–Crippen MR) is 67.2 cm³/mol. The molecule has 0 fully saturated rings. The maximum absolute atomic E-state index is 11.6. The van der Waals surface area contributed by atoms with Crippen LogP contribution in [0.2, 0.25) is 0 Å². The van der Waals surface area contributed by atoms with Gasteiger partial charge in [0, 0.05) is 5.69 Å². The average Bonchev–Trinajstić information content (AvgIpc) is 2.35. The summed E-state index contributed by atoms with van der Waals surface area (Å²) in [6.07, 6.45) is 1.21. The molecule has 2 amide bonds. The quantitative estimate of drug-likeness (QED) is 0.638. The molecule has 92 valence electrons. The number of urea groups is 1. The SMILES string of the molecule is Nc1cnc(NC(=O)Nc2ccccc2)nc1O. The second-order valence-corrected chi connectivity index (χ2v) is 3.42. The minimum Gasteiger partial charge on any atom is -0.492 e. The number of rotatable bonds is 2. The molecule has 2 rings (SSSR count). The van der Waals surface area contributed by atoms with E-state index in [1.54, 1.807) is 24.3 Å². The molecule has 0 spiro atoms. The number of hydrogen-bond donors (Lipinski definition) is 4. The van der Waals surface area contributed by atoms with Gasteiger partial charge in [0.25, 0.3) is 0 Å². The summed E-state index contributed by atoms with van der Waals surface area (Å²) in [6.45, 7) is 0.